The molecule has 66 valence electrons. The molecule has 2 nitrogen and oxygen atoms in total. The van der Waals surface area contributed by atoms with Crippen molar-refractivity contribution in [2.45, 2.75) is 13.0 Å². The van der Waals surface area contributed by atoms with E-state index in [9.17, 15) is 0 Å². The van der Waals surface area contributed by atoms with Crippen LogP contribution in [0.1, 0.15) is 11.1 Å². The zero-order valence-corrected chi connectivity index (χ0v) is 7.53. The Balaban J connectivity index is 0.000000720. The van der Waals surface area contributed by atoms with E-state index in [4.69, 9.17) is 5.11 Å². The lowest BCUT2D eigenvalue weighted by atomic mass is 10.0. The van der Waals surface area contributed by atoms with E-state index < -0.39 is 0 Å². The molecule has 0 bridgehead atoms. The highest BCUT2D eigenvalue weighted by molar-refractivity contribution is 5.85. The average molecular weight is 186 g/mol. The van der Waals surface area contributed by atoms with E-state index in [1.54, 1.807) is 6.07 Å². The number of rotatable bonds is 0. The van der Waals surface area contributed by atoms with Crippen LogP contribution in [0.15, 0.2) is 18.2 Å². The number of benzene rings is 1. The third-order valence-corrected chi connectivity index (χ3v) is 2.08. The van der Waals surface area contributed by atoms with Crippen molar-refractivity contribution in [1.29, 1.82) is 0 Å². The lowest BCUT2D eigenvalue weighted by Crippen LogP contribution is -2.23. The fourth-order valence-corrected chi connectivity index (χ4v) is 1.47. The van der Waals surface area contributed by atoms with Gasteiger partial charge < -0.3 is 10.4 Å². The third-order valence-electron chi connectivity index (χ3n) is 2.08. The first-order valence-corrected chi connectivity index (χ1v) is 3.88. The highest BCUT2D eigenvalue weighted by Gasteiger charge is 2.07. The summed E-state index contributed by atoms with van der Waals surface area (Å²) < 4.78 is 0. The molecule has 1 aromatic carbocycles. The van der Waals surface area contributed by atoms with Crippen LogP contribution < -0.4 is 5.32 Å². The Labute approximate surface area is 78.0 Å². The monoisotopic (exact) mass is 185 g/mol. The molecule has 0 saturated heterocycles. The van der Waals surface area contributed by atoms with Crippen molar-refractivity contribution in [3.63, 3.8) is 0 Å². The number of nitrogens with one attached hydrogen (secondary N) is 1. The van der Waals surface area contributed by atoms with Gasteiger partial charge in [0, 0.05) is 6.54 Å². The van der Waals surface area contributed by atoms with Gasteiger partial charge in [0.25, 0.3) is 0 Å². The van der Waals surface area contributed by atoms with Crippen LogP contribution in [0.4, 0.5) is 0 Å². The fraction of sp³-hybridized carbons (Fsp3) is 0.333. The van der Waals surface area contributed by atoms with Crippen LogP contribution in [-0.4, -0.2) is 11.7 Å². The Bertz CT molecular complexity index is 275. The molecule has 1 aromatic rings. The second kappa shape index (κ2) is 3.78. The zero-order valence-electron chi connectivity index (χ0n) is 6.71. The van der Waals surface area contributed by atoms with Gasteiger partial charge in [-0.3, -0.25) is 0 Å². The molecule has 1 heterocycles. The van der Waals surface area contributed by atoms with Crippen LogP contribution >= 0.6 is 12.4 Å². The van der Waals surface area contributed by atoms with Crippen LogP contribution in [0.2, 0.25) is 0 Å². The number of phenolic OH excluding ortho intramolecular Hbond substituents is 1. The lowest BCUT2D eigenvalue weighted by molar-refractivity contribution is 0.473. The van der Waals surface area contributed by atoms with Crippen molar-refractivity contribution in [2.75, 3.05) is 6.54 Å². The lowest BCUT2D eigenvalue weighted by Gasteiger charge is -2.16. The highest BCUT2D eigenvalue weighted by atomic mass is 35.5. The third kappa shape index (κ3) is 1.71. The maximum Gasteiger partial charge on any atom is 0.115 e. The van der Waals surface area contributed by atoms with Crippen molar-refractivity contribution < 1.29 is 5.11 Å². The van der Waals surface area contributed by atoms with Gasteiger partial charge in [-0.05, 0) is 36.2 Å². The Hall–Kier alpha value is -0.730. The summed E-state index contributed by atoms with van der Waals surface area (Å²) in [5, 5.41) is 12.4. The Morgan fingerprint density at radius 3 is 2.92 bits per heavy atom. The predicted octanol–water partition coefficient (Wildman–Crippen LogP) is 1.46. The first kappa shape index (κ1) is 9.36. The molecule has 0 saturated carbocycles. The van der Waals surface area contributed by atoms with E-state index in [0.29, 0.717) is 5.75 Å². The Morgan fingerprint density at radius 2 is 2.08 bits per heavy atom. The van der Waals surface area contributed by atoms with Gasteiger partial charge in [-0.25, -0.2) is 0 Å². The van der Waals surface area contributed by atoms with E-state index >= 15 is 0 Å². The van der Waals surface area contributed by atoms with Gasteiger partial charge in [-0.1, -0.05) is 6.07 Å². The first-order chi connectivity index (χ1) is 5.36. The molecule has 1 aliphatic heterocycles. The zero-order chi connectivity index (χ0) is 7.68. The predicted molar refractivity (Wildman–Crippen MR) is 50.8 cm³/mol. The summed E-state index contributed by atoms with van der Waals surface area (Å²) in [6.07, 6.45) is 1.08. The maximum atomic E-state index is 9.16. The van der Waals surface area contributed by atoms with Gasteiger partial charge in [0.15, 0.2) is 0 Å². The van der Waals surface area contributed by atoms with Gasteiger partial charge in [-0.15, -0.1) is 12.4 Å². The molecule has 0 atom stereocenters. The van der Waals surface area contributed by atoms with Crippen LogP contribution in [0.5, 0.6) is 5.75 Å². The van der Waals surface area contributed by atoms with E-state index in [-0.39, 0.29) is 12.4 Å². The standard InChI is InChI=1S/C9H11NO.ClH/c11-9-2-1-7-3-4-10-6-8(7)5-9;/h1-2,5,10-11H,3-4,6H2;1H. The smallest absolute Gasteiger partial charge is 0.115 e. The molecule has 1 aliphatic rings. The second-order valence-electron chi connectivity index (χ2n) is 2.88. The van der Waals surface area contributed by atoms with Crippen LogP contribution in [0.25, 0.3) is 0 Å². The molecule has 0 aromatic heterocycles. The fourth-order valence-electron chi connectivity index (χ4n) is 1.47. The molecule has 12 heavy (non-hydrogen) atoms. The summed E-state index contributed by atoms with van der Waals surface area (Å²) in [5.74, 6) is 0.368. The Kier molecular flexibility index (Phi) is 2.95. The number of aromatic hydroxyl groups is 1. The minimum Gasteiger partial charge on any atom is -0.508 e. The summed E-state index contributed by atoms with van der Waals surface area (Å²) in [6.45, 7) is 1.95. The molecule has 2 rings (SSSR count). The number of hydrogen-bond acceptors (Lipinski definition) is 2. The number of phenols is 1. The summed E-state index contributed by atoms with van der Waals surface area (Å²) in [7, 11) is 0. The minimum absolute atomic E-state index is 0. The van der Waals surface area contributed by atoms with E-state index in [0.717, 1.165) is 19.5 Å². The van der Waals surface area contributed by atoms with Crippen molar-refractivity contribution >= 4 is 12.4 Å². The number of fused-ring (bicyclic) bond motifs is 1. The SMILES string of the molecule is Cl.Oc1ccc2c(c1)CNCC2. The normalized spacial score (nSPS) is 14.7. The van der Waals surface area contributed by atoms with Gasteiger partial charge in [0.1, 0.15) is 5.75 Å². The van der Waals surface area contributed by atoms with Gasteiger partial charge in [0.05, 0.1) is 0 Å². The molecule has 0 fully saturated rings. The molecule has 3 heteroatoms. The quantitative estimate of drug-likeness (QED) is 0.642. The molecule has 0 amide bonds. The van der Waals surface area contributed by atoms with Crippen molar-refractivity contribution in [3.8, 4) is 5.75 Å². The van der Waals surface area contributed by atoms with Crippen molar-refractivity contribution in [1.82, 2.24) is 5.32 Å². The number of hydrogen-bond donors (Lipinski definition) is 2. The minimum atomic E-state index is 0. The molecule has 0 radical (unpaired) electrons. The highest BCUT2D eigenvalue weighted by Crippen LogP contribution is 2.18. The number of halogens is 1. The van der Waals surface area contributed by atoms with Crippen LogP contribution in [-0.2, 0) is 13.0 Å². The largest absolute Gasteiger partial charge is 0.508 e. The van der Waals surface area contributed by atoms with Crippen LogP contribution in [0, 0.1) is 0 Å². The first-order valence-electron chi connectivity index (χ1n) is 3.88. The van der Waals surface area contributed by atoms with E-state index in [2.05, 4.69) is 5.32 Å². The molecular weight excluding hydrogens is 174 g/mol. The summed E-state index contributed by atoms with van der Waals surface area (Å²) in [6, 6.07) is 5.59. The van der Waals surface area contributed by atoms with Crippen molar-refractivity contribution in [2.24, 2.45) is 0 Å². The van der Waals surface area contributed by atoms with E-state index in [1.165, 1.54) is 11.1 Å². The molecule has 0 spiro atoms. The molecule has 2 N–H and O–H groups in total. The summed E-state index contributed by atoms with van der Waals surface area (Å²) in [4.78, 5) is 0. The maximum absolute atomic E-state index is 9.16. The molecular formula is C9H12ClNO. The summed E-state index contributed by atoms with van der Waals surface area (Å²) in [5.41, 5.74) is 2.60. The summed E-state index contributed by atoms with van der Waals surface area (Å²) >= 11 is 0. The van der Waals surface area contributed by atoms with E-state index in [1.807, 2.05) is 12.1 Å². The van der Waals surface area contributed by atoms with Gasteiger partial charge in [0.2, 0.25) is 0 Å². The van der Waals surface area contributed by atoms with Gasteiger partial charge >= 0.3 is 0 Å². The topological polar surface area (TPSA) is 32.3 Å². The molecule has 0 unspecified atom stereocenters. The van der Waals surface area contributed by atoms with Crippen LogP contribution in [0.3, 0.4) is 0 Å². The molecule has 0 aliphatic carbocycles. The Morgan fingerprint density at radius 1 is 1.25 bits per heavy atom. The van der Waals surface area contributed by atoms with Gasteiger partial charge in [-0.2, -0.15) is 0 Å². The average Bonchev–Trinajstić information content (AvgIpc) is 2.04. The second-order valence-corrected chi connectivity index (χ2v) is 2.88. The van der Waals surface area contributed by atoms with Crippen molar-refractivity contribution in [3.05, 3.63) is 29.3 Å².